The summed E-state index contributed by atoms with van der Waals surface area (Å²) in [6.07, 6.45) is 3.11. The van der Waals surface area contributed by atoms with Crippen LogP contribution in [0.25, 0.3) is 0 Å². The highest BCUT2D eigenvalue weighted by atomic mass is 16.5. The van der Waals surface area contributed by atoms with Crippen LogP contribution >= 0.6 is 0 Å². The molecule has 1 N–H and O–H groups in total. The van der Waals surface area contributed by atoms with Crippen molar-refractivity contribution in [1.29, 1.82) is 0 Å². The van der Waals surface area contributed by atoms with Crippen LogP contribution in [-0.2, 0) is 17.8 Å². The van der Waals surface area contributed by atoms with E-state index < -0.39 is 5.60 Å². The van der Waals surface area contributed by atoms with Gasteiger partial charge in [-0.2, -0.15) is 4.98 Å². The number of amides is 1. The molecule has 1 saturated heterocycles. The van der Waals surface area contributed by atoms with Crippen LogP contribution < -0.4 is 0 Å². The van der Waals surface area contributed by atoms with E-state index >= 15 is 0 Å². The summed E-state index contributed by atoms with van der Waals surface area (Å²) in [5.41, 5.74) is -0.0780. The SMILES string of the molecule is Cc1nc(CN(C)C[C@]2(O)CCCN(CCCc3ccccc3)C2=O)no1. The number of aryl methyl sites for hydroxylation is 2. The van der Waals surface area contributed by atoms with Gasteiger partial charge in [0.25, 0.3) is 5.91 Å². The van der Waals surface area contributed by atoms with E-state index in [4.69, 9.17) is 4.52 Å². The Bertz CT molecular complexity index is 749. The molecule has 27 heavy (non-hydrogen) atoms. The molecule has 1 fully saturated rings. The summed E-state index contributed by atoms with van der Waals surface area (Å²) < 4.78 is 4.97. The number of aliphatic hydroxyl groups is 1. The Kier molecular flexibility index (Phi) is 6.23. The number of hydrogen-bond acceptors (Lipinski definition) is 6. The number of nitrogens with zero attached hydrogens (tertiary/aromatic N) is 4. The molecule has 2 heterocycles. The van der Waals surface area contributed by atoms with Gasteiger partial charge in [-0.15, -0.1) is 0 Å². The summed E-state index contributed by atoms with van der Waals surface area (Å²) in [5.74, 6) is 0.898. The fraction of sp³-hybridized carbons (Fsp3) is 0.550. The topological polar surface area (TPSA) is 82.7 Å². The van der Waals surface area contributed by atoms with Crippen molar-refractivity contribution in [2.45, 2.75) is 44.8 Å². The number of rotatable bonds is 8. The molecule has 0 spiro atoms. The average molecular weight is 372 g/mol. The zero-order chi connectivity index (χ0) is 19.3. The summed E-state index contributed by atoms with van der Waals surface area (Å²) in [6.45, 7) is 3.81. The molecule has 3 rings (SSSR count). The Balaban J connectivity index is 1.52. The van der Waals surface area contributed by atoms with Crippen LogP contribution in [0.2, 0.25) is 0 Å². The molecule has 0 aliphatic carbocycles. The molecule has 7 heteroatoms. The fourth-order valence-corrected chi connectivity index (χ4v) is 3.69. The number of benzene rings is 1. The molecule has 7 nitrogen and oxygen atoms in total. The summed E-state index contributed by atoms with van der Waals surface area (Å²) >= 11 is 0. The van der Waals surface area contributed by atoms with E-state index in [1.54, 1.807) is 11.8 Å². The van der Waals surface area contributed by atoms with Gasteiger partial charge in [0.1, 0.15) is 0 Å². The number of likely N-dealkylation sites (N-methyl/N-ethyl adjacent to an activating group) is 1. The van der Waals surface area contributed by atoms with E-state index in [0.29, 0.717) is 37.8 Å². The maximum absolute atomic E-state index is 12.9. The molecule has 0 unspecified atom stereocenters. The van der Waals surface area contributed by atoms with Gasteiger partial charge >= 0.3 is 0 Å². The molecule has 1 amide bonds. The third-order valence-electron chi connectivity index (χ3n) is 4.95. The number of carbonyl (C=O) groups is 1. The van der Waals surface area contributed by atoms with E-state index in [1.165, 1.54) is 5.56 Å². The Morgan fingerprint density at radius 2 is 2.11 bits per heavy atom. The summed E-state index contributed by atoms with van der Waals surface area (Å²) in [5, 5.41) is 14.9. The lowest BCUT2D eigenvalue weighted by Crippen LogP contribution is -2.58. The molecule has 1 atom stereocenters. The van der Waals surface area contributed by atoms with Gasteiger partial charge in [-0.3, -0.25) is 9.69 Å². The molecule has 1 aliphatic heterocycles. The fourth-order valence-electron chi connectivity index (χ4n) is 3.69. The second-order valence-corrected chi connectivity index (χ2v) is 7.42. The monoisotopic (exact) mass is 372 g/mol. The predicted octanol–water partition coefficient (Wildman–Crippen LogP) is 1.80. The highest BCUT2D eigenvalue weighted by molar-refractivity contribution is 5.86. The Morgan fingerprint density at radius 3 is 2.81 bits per heavy atom. The van der Waals surface area contributed by atoms with Gasteiger partial charge in [0, 0.05) is 26.6 Å². The average Bonchev–Trinajstić information content (AvgIpc) is 3.04. The van der Waals surface area contributed by atoms with Crippen LogP contribution in [0.1, 0.15) is 36.5 Å². The molecule has 2 aromatic rings. The van der Waals surface area contributed by atoms with Crippen molar-refractivity contribution < 1.29 is 14.4 Å². The van der Waals surface area contributed by atoms with Gasteiger partial charge in [0.05, 0.1) is 6.54 Å². The van der Waals surface area contributed by atoms with Crippen LogP contribution in [-0.4, -0.2) is 63.2 Å². The van der Waals surface area contributed by atoms with E-state index in [1.807, 2.05) is 30.1 Å². The van der Waals surface area contributed by atoms with Gasteiger partial charge in [-0.25, -0.2) is 0 Å². The second kappa shape index (κ2) is 8.63. The lowest BCUT2D eigenvalue weighted by atomic mass is 9.91. The Hall–Kier alpha value is -2.25. The summed E-state index contributed by atoms with van der Waals surface area (Å²) in [6, 6.07) is 10.3. The molecule has 0 bridgehead atoms. The normalized spacial score (nSPS) is 20.4. The first kappa shape index (κ1) is 19.5. The van der Waals surface area contributed by atoms with Gasteiger partial charge in [0.15, 0.2) is 11.4 Å². The first-order valence-electron chi connectivity index (χ1n) is 9.50. The smallest absolute Gasteiger partial charge is 0.255 e. The Morgan fingerprint density at radius 1 is 1.33 bits per heavy atom. The molecule has 1 aromatic carbocycles. The number of aromatic nitrogens is 2. The second-order valence-electron chi connectivity index (χ2n) is 7.42. The van der Waals surface area contributed by atoms with Gasteiger partial charge in [0.2, 0.25) is 5.89 Å². The largest absolute Gasteiger partial charge is 0.379 e. The van der Waals surface area contributed by atoms with Crippen LogP contribution in [0.3, 0.4) is 0 Å². The van der Waals surface area contributed by atoms with Crippen molar-refractivity contribution in [3.05, 3.63) is 47.6 Å². The molecular formula is C20H28N4O3. The van der Waals surface area contributed by atoms with Gasteiger partial charge in [-0.05, 0) is 38.3 Å². The highest BCUT2D eigenvalue weighted by Crippen LogP contribution is 2.24. The van der Waals surface area contributed by atoms with Crippen molar-refractivity contribution in [2.75, 3.05) is 26.7 Å². The van der Waals surface area contributed by atoms with E-state index in [0.717, 1.165) is 19.3 Å². The van der Waals surface area contributed by atoms with Crippen LogP contribution in [0.15, 0.2) is 34.9 Å². The molecule has 0 saturated carbocycles. The molecular weight excluding hydrogens is 344 g/mol. The van der Waals surface area contributed by atoms with Crippen LogP contribution in [0.5, 0.6) is 0 Å². The number of carbonyl (C=O) groups excluding carboxylic acids is 1. The maximum atomic E-state index is 12.9. The van der Waals surface area contributed by atoms with Crippen LogP contribution in [0, 0.1) is 6.92 Å². The molecule has 1 aromatic heterocycles. The molecule has 0 radical (unpaired) electrons. The minimum Gasteiger partial charge on any atom is -0.379 e. The minimum absolute atomic E-state index is 0.169. The van der Waals surface area contributed by atoms with Crippen molar-refractivity contribution in [3.8, 4) is 0 Å². The van der Waals surface area contributed by atoms with E-state index in [9.17, 15) is 9.90 Å². The third kappa shape index (κ3) is 5.14. The number of hydrogen-bond donors (Lipinski definition) is 1. The van der Waals surface area contributed by atoms with Crippen molar-refractivity contribution >= 4 is 5.91 Å². The maximum Gasteiger partial charge on any atom is 0.255 e. The van der Waals surface area contributed by atoms with Crippen molar-refractivity contribution in [2.24, 2.45) is 0 Å². The highest BCUT2D eigenvalue weighted by Gasteiger charge is 2.42. The van der Waals surface area contributed by atoms with E-state index in [2.05, 4.69) is 22.3 Å². The zero-order valence-corrected chi connectivity index (χ0v) is 16.1. The number of piperidine rings is 1. The summed E-state index contributed by atoms with van der Waals surface area (Å²) in [7, 11) is 1.85. The minimum atomic E-state index is -1.35. The predicted molar refractivity (Wildman–Crippen MR) is 101 cm³/mol. The molecule has 146 valence electrons. The zero-order valence-electron chi connectivity index (χ0n) is 16.1. The standard InChI is InChI=1S/C20H28N4O3/c1-16-21-18(22-27-16)14-23(2)15-20(26)11-7-13-24(19(20)25)12-6-10-17-8-4-3-5-9-17/h3-5,8-9,26H,6-7,10-15H2,1-2H3/t20-/m1/s1. The van der Waals surface area contributed by atoms with Gasteiger partial charge in [-0.1, -0.05) is 35.5 Å². The van der Waals surface area contributed by atoms with E-state index in [-0.39, 0.29) is 12.5 Å². The van der Waals surface area contributed by atoms with Crippen LogP contribution in [0.4, 0.5) is 0 Å². The van der Waals surface area contributed by atoms with Crippen molar-refractivity contribution in [1.82, 2.24) is 19.9 Å². The number of likely N-dealkylation sites (tertiary alicyclic amines) is 1. The Labute approximate surface area is 160 Å². The van der Waals surface area contributed by atoms with Crippen molar-refractivity contribution in [3.63, 3.8) is 0 Å². The first-order valence-corrected chi connectivity index (χ1v) is 9.50. The van der Waals surface area contributed by atoms with Gasteiger partial charge < -0.3 is 14.5 Å². The summed E-state index contributed by atoms with van der Waals surface area (Å²) in [4.78, 5) is 20.7. The lowest BCUT2D eigenvalue weighted by Gasteiger charge is -2.40. The third-order valence-corrected chi connectivity index (χ3v) is 4.95. The quantitative estimate of drug-likeness (QED) is 0.761. The first-order chi connectivity index (χ1) is 13.0. The lowest BCUT2D eigenvalue weighted by molar-refractivity contribution is -0.159. The molecule has 1 aliphatic rings.